The van der Waals surface area contributed by atoms with Crippen LogP contribution in [0.2, 0.25) is 0 Å². The molecule has 0 aliphatic carbocycles. The topological polar surface area (TPSA) is 49.5 Å². The van der Waals surface area contributed by atoms with E-state index in [4.69, 9.17) is 9.40 Å². The van der Waals surface area contributed by atoms with E-state index in [1.54, 1.807) is 11.3 Å². The van der Waals surface area contributed by atoms with Crippen LogP contribution in [0.3, 0.4) is 0 Å². The number of nitrogens with zero attached hydrogens (tertiary/aromatic N) is 2. The highest BCUT2D eigenvalue weighted by Crippen LogP contribution is 2.32. The second kappa shape index (κ2) is 9.85. The van der Waals surface area contributed by atoms with Crippen LogP contribution in [0.1, 0.15) is 35.0 Å². The molecule has 0 amide bonds. The molecule has 0 aliphatic heterocycles. The van der Waals surface area contributed by atoms with Crippen LogP contribution < -0.4 is 0 Å². The summed E-state index contributed by atoms with van der Waals surface area (Å²) in [4.78, 5) is 8.22. The molecule has 4 aromatic rings. The average Bonchev–Trinajstić information content (AvgIpc) is 3.44. The number of thiophene rings is 1. The predicted octanol–water partition coefficient (Wildman–Crippen LogP) is 5.69. The molecule has 4 rings (SSSR count). The van der Waals surface area contributed by atoms with Gasteiger partial charge in [0, 0.05) is 19.7 Å². The van der Waals surface area contributed by atoms with Crippen molar-refractivity contribution in [1.82, 2.24) is 9.88 Å². The highest BCUT2D eigenvalue weighted by molar-refractivity contribution is 7.13. The first kappa shape index (κ1) is 20.5. The fourth-order valence-corrected chi connectivity index (χ4v) is 4.38. The molecule has 0 spiro atoms. The summed E-state index contributed by atoms with van der Waals surface area (Å²) in [7, 11) is 0. The molecule has 0 aliphatic rings. The number of aliphatic hydroxyl groups is 1. The van der Waals surface area contributed by atoms with Gasteiger partial charge >= 0.3 is 0 Å². The summed E-state index contributed by atoms with van der Waals surface area (Å²) in [5.74, 6) is 1.52. The van der Waals surface area contributed by atoms with Crippen molar-refractivity contribution in [2.75, 3.05) is 13.2 Å². The van der Waals surface area contributed by atoms with Gasteiger partial charge in [-0.05, 0) is 35.9 Å². The lowest BCUT2D eigenvalue weighted by molar-refractivity contribution is 0.184. The largest absolute Gasteiger partial charge is 0.440 e. The van der Waals surface area contributed by atoms with E-state index in [1.165, 1.54) is 11.1 Å². The van der Waals surface area contributed by atoms with Crippen molar-refractivity contribution in [2.45, 2.75) is 25.9 Å². The van der Waals surface area contributed by atoms with E-state index in [1.807, 2.05) is 36.6 Å². The zero-order valence-corrected chi connectivity index (χ0v) is 17.9. The van der Waals surface area contributed by atoms with Crippen LogP contribution in [-0.2, 0) is 6.54 Å². The van der Waals surface area contributed by atoms with Gasteiger partial charge in [-0.2, -0.15) is 0 Å². The fourth-order valence-electron chi connectivity index (χ4n) is 3.73. The molecule has 0 saturated carbocycles. The number of hydrogen-bond acceptors (Lipinski definition) is 5. The predicted molar refractivity (Wildman–Crippen MR) is 121 cm³/mol. The molecule has 0 bridgehead atoms. The normalized spacial score (nSPS) is 11.5. The van der Waals surface area contributed by atoms with Crippen molar-refractivity contribution < 1.29 is 9.52 Å². The highest BCUT2D eigenvalue weighted by atomic mass is 32.1. The van der Waals surface area contributed by atoms with Gasteiger partial charge in [-0.25, -0.2) is 4.98 Å². The Morgan fingerprint density at radius 2 is 1.63 bits per heavy atom. The lowest BCUT2D eigenvalue weighted by Gasteiger charge is -2.32. The van der Waals surface area contributed by atoms with Crippen LogP contribution in [0.5, 0.6) is 0 Å². The summed E-state index contributed by atoms with van der Waals surface area (Å²) in [6.07, 6.45) is 0.699. The average molecular weight is 419 g/mol. The van der Waals surface area contributed by atoms with Crippen LogP contribution in [0.25, 0.3) is 10.8 Å². The van der Waals surface area contributed by atoms with E-state index in [2.05, 4.69) is 53.4 Å². The minimum atomic E-state index is 0.0697. The highest BCUT2D eigenvalue weighted by Gasteiger charge is 2.24. The molecule has 0 fully saturated rings. The van der Waals surface area contributed by atoms with Crippen LogP contribution in [0.15, 0.2) is 82.6 Å². The quantitative estimate of drug-likeness (QED) is 0.380. The molecule has 5 heteroatoms. The standard InChI is InChI=1S/C25H26N2O2S/c1-19-22(26-25(29-19)23-14-8-17-30-23)18-27(15-9-16-28)24(20-10-4-2-5-11-20)21-12-6-3-7-13-21/h2-8,10-14,17,24,28H,9,15-16,18H2,1H3. The van der Waals surface area contributed by atoms with Gasteiger partial charge in [0.2, 0.25) is 5.89 Å². The first-order valence-corrected chi connectivity index (χ1v) is 11.1. The molecule has 0 saturated heterocycles. The van der Waals surface area contributed by atoms with E-state index in [0.717, 1.165) is 22.9 Å². The van der Waals surface area contributed by atoms with Gasteiger partial charge in [-0.3, -0.25) is 4.90 Å². The summed E-state index contributed by atoms with van der Waals surface area (Å²) >= 11 is 1.63. The van der Waals surface area contributed by atoms with E-state index in [9.17, 15) is 5.11 Å². The number of rotatable bonds is 9. The van der Waals surface area contributed by atoms with Gasteiger partial charge in [0.25, 0.3) is 0 Å². The third-order valence-electron chi connectivity index (χ3n) is 5.18. The minimum absolute atomic E-state index is 0.0697. The molecule has 1 N–H and O–H groups in total. The van der Waals surface area contributed by atoms with Crippen molar-refractivity contribution >= 4 is 11.3 Å². The summed E-state index contributed by atoms with van der Waals surface area (Å²) in [6, 6.07) is 25.1. The molecule has 2 heterocycles. The molecule has 4 nitrogen and oxygen atoms in total. The summed E-state index contributed by atoms with van der Waals surface area (Å²) in [5.41, 5.74) is 3.38. The Hall–Kier alpha value is -2.73. The Morgan fingerprint density at radius 1 is 0.967 bits per heavy atom. The molecule has 2 aromatic carbocycles. The first-order chi connectivity index (χ1) is 14.8. The SMILES string of the molecule is Cc1oc(-c2cccs2)nc1CN(CCCO)C(c1ccccc1)c1ccccc1. The second-order valence-corrected chi connectivity index (χ2v) is 8.22. The van der Waals surface area contributed by atoms with Gasteiger partial charge in [0.15, 0.2) is 0 Å². The van der Waals surface area contributed by atoms with Crippen LogP contribution in [0.4, 0.5) is 0 Å². The van der Waals surface area contributed by atoms with E-state index in [0.29, 0.717) is 18.9 Å². The Balaban J connectivity index is 1.70. The smallest absolute Gasteiger partial charge is 0.236 e. The number of aryl methyl sites for hydroxylation is 1. The van der Waals surface area contributed by atoms with Crippen LogP contribution in [0, 0.1) is 6.92 Å². The lowest BCUT2D eigenvalue weighted by atomic mass is 9.96. The maximum Gasteiger partial charge on any atom is 0.236 e. The summed E-state index contributed by atoms with van der Waals surface area (Å²) in [6.45, 7) is 3.54. The molecule has 0 radical (unpaired) electrons. The maximum absolute atomic E-state index is 9.53. The Kier molecular flexibility index (Phi) is 6.74. The Bertz CT molecular complexity index is 990. The van der Waals surface area contributed by atoms with Crippen molar-refractivity contribution in [1.29, 1.82) is 0 Å². The zero-order chi connectivity index (χ0) is 20.8. The number of hydrogen-bond donors (Lipinski definition) is 1. The van der Waals surface area contributed by atoms with Gasteiger partial charge in [0.05, 0.1) is 16.6 Å². The fraction of sp³-hybridized carbons (Fsp3) is 0.240. The molecule has 30 heavy (non-hydrogen) atoms. The monoisotopic (exact) mass is 418 g/mol. The summed E-state index contributed by atoms with van der Waals surface area (Å²) < 4.78 is 5.98. The van der Waals surface area contributed by atoms with E-state index >= 15 is 0 Å². The lowest BCUT2D eigenvalue weighted by Crippen LogP contribution is -2.31. The van der Waals surface area contributed by atoms with Crippen molar-refractivity contribution in [3.05, 3.63) is 101 Å². The second-order valence-electron chi connectivity index (χ2n) is 7.27. The van der Waals surface area contributed by atoms with E-state index < -0.39 is 0 Å². The molecular weight excluding hydrogens is 392 g/mol. The molecule has 0 atom stereocenters. The number of benzene rings is 2. The molecule has 154 valence electrons. The Labute approximate surface area is 181 Å². The van der Waals surface area contributed by atoms with Gasteiger partial charge < -0.3 is 9.52 Å². The molecule has 0 unspecified atom stereocenters. The van der Waals surface area contributed by atoms with Crippen molar-refractivity contribution in [3.63, 3.8) is 0 Å². The van der Waals surface area contributed by atoms with Crippen molar-refractivity contribution in [2.24, 2.45) is 0 Å². The van der Waals surface area contributed by atoms with Crippen LogP contribution >= 0.6 is 11.3 Å². The van der Waals surface area contributed by atoms with Crippen molar-refractivity contribution in [3.8, 4) is 10.8 Å². The third kappa shape index (κ3) is 4.70. The zero-order valence-electron chi connectivity index (χ0n) is 17.1. The van der Waals surface area contributed by atoms with Crippen LogP contribution in [-0.4, -0.2) is 28.1 Å². The van der Waals surface area contributed by atoms with Gasteiger partial charge in [-0.1, -0.05) is 66.7 Å². The maximum atomic E-state index is 9.53. The number of aromatic nitrogens is 1. The third-order valence-corrected chi connectivity index (χ3v) is 6.03. The number of aliphatic hydroxyl groups excluding tert-OH is 1. The minimum Gasteiger partial charge on any atom is -0.440 e. The van der Waals surface area contributed by atoms with E-state index in [-0.39, 0.29) is 12.6 Å². The number of oxazole rings is 1. The van der Waals surface area contributed by atoms with Gasteiger partial charge in [-0.15, -0.1) is 11.3 Å². The Morgan fingerprint density at radius 3 is 2.20 bits per heavy atom. The summed E-state index contributed by atoms with van der Waals surface area (Å²) in [5, 5.41) is 11.6. The molecular formula is C25H26N2O2S. The molecule has 2 aromatic heterocycles. The first-order valence-electron chi connectivity index (χ1n) is 10.2. The van der Waals surface area contributed by atoms with Gasteiger partial charge in [0.1, 0.15) is 5.76 Å².